The average Bonchev–Trinajstić information content (AvgIpc) is 2.78. The number of aromatic nitrogens is 1. The van der Waals surface area contributed by atoms with E-state index in [1.165, 1.54) is 13.0 Å². The number of carboxylic acid groups (broad SMARTS) is 1. The predicted molar refractivity (Wildman–Crippen MR) is 64.2 cm³/mol. The molecule has 20 heavy (non-hydrogen) atoms. The molecular formula is C13H12F3NO3. The molecule has 1 aromatic carbocycles. The maximum atomic E-state index is 12.6. The normalized spacial score (nSPS) is 15.2. The number of rotatable bonds is 3. The summed E-state index contributed by atoms with van der Waals surface area (Å²) in [6, 6.07) is 2.98. The molecule has 4 nitrogen and oxygen atoms in total. The molecule has 108 valence electrons. The summed E-state index contributed by atoms with van der Waals surface area (Å²) in [6.07, 6.45) is -4.45. The van der Waals surface area contributed by atoms with Crippen molar-refractivity contribution in [3.05, 3.63) is 29.7 Å². The van der Waals surface area contributed by atoms with Gasteiger partial charge < -0.3 is 9.52 Å². The SMILES string of the molecule is CC(C(=O)O)C(C)c1nc2cc(C(F)(F)F)ccc2o1. The fourth-order valence-corrected chi connectivity index (χ4v) is 1.74. The van der Waals surface area contributed by atoms with Crippen LogP contribution in [-0.2, 0) is 11.0 Å². The number of carboxylic acids is 1. The van der Waals surface area contributed by atoms with Crippen LogP contribution < -0.4 is 0 Å². The molecule has 1 heterocycles. The van der Waals surface area contributed by atoms with Gasteiger partial charge in [-0.2, -0.15) is 13.2 Å². The van der Waals surface area contributed by atoms with Crippen molar-refractivity contribution in [1.29, 1.82) is 0 Å². The molecule has 0 aliphatic carbocycles. The van der Waals surface area contributed by atoms with Crippen molar-refractivity contribution in [2.75, 3.05) is 0 Å². The summed E-state index contributed by atoms with van der Waals surface area (Å²) >= 11 is 0. The second-order valence-electron chi connectivity index (χ2n) is 4.65. The van der Waals surface area contributed by atoms with Crippen LogP contribution in [0.2, 0.25) is 0 Å². The van der Waals surface area contributed by atoms with Crippen molar-refractivity contribution in [3.63, 3.8) is 0 Å². The minimum atomic E-state index is -4.45. The van der Waals surface area contributed by atoms with Crippen LogP contribution in [0.1, 0.15) is 31.2 Å². The van der Waals surface area contributed by atoms with Crippen molar-refractivity contribution in [2.45, 2.75) is 25.9 Å². The highest BCUT2D eigenvalue weighted by Crippen LogP contribution is 2.33. The number of halogens is 3. The molecule has 0 bridgehead atoms. The molecule has 2 aromatic rings. The molecule has 0 amide bonds. The third kappa shape index (κ3) is 2.61. The number of aliphatic carboxylic acids is 1. The highest BCUT2D eigenvalue weighted by molar-refractivity contribution is 5.74. The molecule has 2 unspecified atom stereocenters. The Labute approximate surface area is 112 Å². The highest BCUT2D eigenvalue weighted by atomic mass is 19.4. The van der Waals surface area contributed by atoms with E-state index in [1.54, 1.807) is 6.92 Å². The van der Waals surface area contributed by atoms with Gasteiger partial charge in [-0.1, -0.05) is 13.8 Å². The number of oxazole rings is 1. The van der Waals surface area contributed by atoms with Crippen molar-refractivity contribution < 1.29 is 27.5 Å². The van der Waals surface area contributed by atoms with E-state index in [2.05, 4.69) is 4.98 Å². The topological polar surface area (TPSA) is 63.3 Å². The molecular weight excluding hydrogens is 275 g/mol. The van der Waals surface area contributed by atoms with E-state index in [0.717, 1.165) is 12.1 Å². The number of hydrogen-bond acceptors (Lipinski definition) is 3. The molecule has 0 spiro atoms. The van der Waals surface area contributed by atoms with E-state index in [-0.39, 0.29) is 17.0 Å². The fourth-order valence-electron chi connectivity index (χ4n) is 1.74. The van der Waals surface area contributed by atoms with Crippen LogP contribution in [0.15, 0.2) is 22.6 Å². The van der Waals surface area contributed by atoms with Crippen molar-refractivity contribution >= 4 is 17.1 Å². The summed E-state index contributed by atoms with van der Waals surface area (Å²) in [5.74, 6) is -2.18. The molecule has 0 saturated heterocycles. The van der Waals surface area contributed by atoms with Gasteiger partial charge in [-0.15, -0.1) is 0 Å². The zero-order chi connectivity index (χ0) is 15.1. The van der Waals surface area contributed by atoms with Gasteiger partial charge in [0.2, 0.25) is 0 Å². The number of hydrogen-bond donors (Lipinski definition) is 1. The summed E-state index contributed by atoms with van der Waals surface area (Å²) in [5, 5.41) is 8.92. The summed E-state index contributed by atoms with van der Waals surface area (Å²) in [5.41, 5.74) is -0.541. The molecule has 0 aliphatic heterocycles. The Morgan fingerprint density at radius 3 is 2.55 bits per heavy atom. The van der Waals surface area contributed by atoms with Crippen LogP contribution in [0, 0.1) is 5.92 Å². The molecule has 0 fully saturated rings. The summed E-state index contributed by atoms with van der Waals surface area (Å²) in [7, 11) is 0. The lowest BCUT2D eigenvalue weighted by atomic mass is 9.96. The van der Waals surface area contributed by atoms with E-state index >= 15 is 0 Å². The standard InChI is InChI=1S/C13H12F3NO3/c1-6(7(2)12(18)19)11-17-9-5-8(13(14,15)16)3-4-10(9)20-11/h3-7H,1-2H3,(H,18,19). The first kappa shape index (κ1) is 14.4. The number of benzene rings is 1. The smallest absolute Gasteiger partial charge is 0.416 e. The van der Waals surface area contributed by atoms with Gasteiger partial charge in [0.05, 0.1) is 11.5 Å². The third-order valence-electron chi connectivity index (χ3n) is 3.26. The van der Waals surface area contributed by atoms with E-state index in [1.807, 2.05) is 0 Å². The van der Waals surface area contributed by atoms with E-state index in [4.69, 9.17) is 9.52 Å². The summed E-state index contributed by atoms with van der Waals surface area (Å²) in [6.45, 7) is 3.09. The predicted octanol–water partition coefficient (Wildman–Crippen LogP) is 3.67. The second-order valence-corrected chi connectivity index (χ2v) is 4.65. The second kappa shape index (κ2) is 4.81. The lowest BCUT2D eigenvalue weighted by Crippen LogP contribution is -2.16. The Bertz CT molecular complexity index is 648. The minimum Gasteiger partial charge on any atom is -0.481 e. The Morgan fingerprint density at radius 2 is 2.00 bits per heavy atom. The van der Waals surface area contributed by atoms with Crippen molar-refractivity contribution in [3.8, 4) is 0 Å². The van der Waals surface area contributed by atoms with Gasteiger partial charge in [-0.3, -0.25) is 4.79 Å². The fraction of sp³-hybridized carbons (Fsp3) is 0.385. The summed E-state index contributed by atoms with van der Waals surface area (Å²) in [4.78, 5) is 14.9. The van der Waals surface area contributed by atoms with Gasteiger partial charge in [-0.25, -0.2) is 4.98 Å². The zero-order valence-corrected chi connectivity index (χ0v) is 10.7. The number of fused-ring (bicyclic) bond motifs is 1. The van der Waals surface area contributed by atoms with Gasteiger partial charge in [0.25, 0.3) is 0 Å². The van der Waals surface area contributed by atoms with Crippen LogP contribution in [0.3, 0.4) is 0 Å². The first-order valence-corrected chi connectivity index (χ1v) is 5.90. The van der Waals surface area contributed by atoms with Crippen LogP contribution >= 0.6 is 0 Å². The maximum absolute atomic E-state index is 12.6. The Morgan fingerprint density at radius 1 is 1.35 bits per heavy atom. The minimum absolute atomic E-state index is 0.0688. The van der Waals surface area contributed by atoms with E-state index in [9.17, 15) is 18.0 Å². The van der Waals surface area contributed by atoms with E-state index in [0.29, 0.717) is 0 Å². The van der Waals surface area contributed by atoms with Crippen LogP contribution in [0.4, 0.5) is 13.2 Å². The Hall–Kier alpha value is -2.05. The molecule has 0 aliphatic rings. The van der Waals surface area contributed by atoms with E-state index < -0.39 is 29.5 Å². The third-order valence-corrected chi connectivity index (χ3v) is 3.26. The number of nitrogens with zero attached hydrogens (tertiary/aromatic N) is 1. The monoisotopic (exact) mass is 287 g/mol. The molecule has 1 aromatic heterocycles. The van der Waals surface area contributed by atoms with Gasteiger partial charge in [0.1, 0.15) is 5.52 Å². The van der Waals surface area contributed by atoms with Gasteiger partial charge in [0, 0.05) is 5.92 Å². The zero-order valence-electron chi connectivity index (χ0n) is 10.7. The average molecular weight is 287 g/mol. The highest BCUT2D eigenvalue weighted by Gasteiger charge is 2.31. The number of carbonyl (C=O) groups is 1. The van der Waals surface area contributed by atoms with Crippen LogP contribution in [0.5, 0.6) is 0 Å². The molecule has 1 N–H and O–H groups in total. The van der Waals surface area contributed by atoms with Gasteiger partial charge >= 0.3 is 12.1 Å². The lowest BCUT2D eigenvalue weighted by molar-refractivity contribution is -0.142. The Balaban J connectivity index is 2.41. The van der Waals surface area contributed by atoms with Crippen molar-refractivity contribution in [2.24, 2.45) is 5.92 Å². The summed E-state index contributed by atoms with van der Waals surface area (Å²) < 4.78 is 43.1. The number of alkyl halides is 3. The molecule has 0 radical (unpaired) electrons. The molecule has 2 rings (SSSR count). The molecule has 2 atom stereocenters. The quantitative estimate of drug-likeness (QED) is 0.935. The van der Waals surface area contributed by atoms with Gasteiger partial charge in [0.15, 0.2) is 11.5 Å². The molecule has 0 saturated carbocycles. The maximum Gasteiger partial charge on any atom is 0.416 e. The van der Waals surface area contributed by atoms with Crippen LogP contribution in [0.25, 0.3) is 11.1 Å². The lowest BCUT2D eigenvalue weighted by Gasteiger charge is -2.11. The molecule has 7 heteroatoms. The first-order valence-electron chi connectivity index (χ1n) is 5.90. The Kier molecular flexibility index (Phi) is 3.45. The largest absolute Gasteiger partial charge is 0.481 e. The van der Waals surface area contributed by atoms with Crippen molar-refractivity contribution in [1.82, 2.24) is 4.98 Å². The van der Waals surface area contributed by atoms with Gasteiger partial charge in [-0.05, 0) is 18.2 Å². The first-order chi connectivity index (χ1) is 9.20. The van der Waals surface area contributed by atoms with Crippen LogP contribution in [-0.4, -0.2) is 16.1 Å².